The number of aromatic nitrogens is 1. The fourth-order valence-electron chi connectivity index (χ4n) is 1.17. The van der Waals surface area contributed by atoms with E-state index in [1.54, 1.807) is 30.3 Å². The second kappa shape index (κ2) is 5.27. The van der Waals surface area contributed by atoms with E-state index in [0.29, 0.717) is 17.5 Å². The van der Waals surface area contributed by atoms with Gasteiger partial charge in [0, 0.05) is 0 Å². The number of rotatable bonds is 2. The molecule has 0 aliphatic carbocycles. The molecule has 0 atom stereocenters. The first-order valence-corrected chi connectivity index (χ1v) is 5.84. The zero-order valence-corrected chi connectivity index (χ0v) is 10.1. The van der Waals surface area contributed by atoms with E-state index in [0.717, 1.165) is 0 Å². The van der Waals surface area contributed by atoms with Gasteiger partial charge in [0.1, 0.15) is 10.6 Å². The number of halogens is 3. The summed E-state index contributed by atoms with van der Waals surface area (Å²) < 4.78 is 41.8. The summed E-state index contributed by atoms with van der Waals surface area (Å²) in [5.74, 6) is 0.285. The summed E-state index contributed by atoms with van der Waals surface area (Å²) in [6.07, 6.45) is -4.71. The van der Waals surface area contributed by atoms with Gasteiger partial charge in [-0.05, 0) is 12.1 Å². The standard InChI is InChI=1S/C11H7F3N2O2S/c12-11(13,14)8-6-15-9(19-8)16-10(17)18-7-4-2-1-3-5-7/h1-6H,(H,15,16,17). The Kier molecular flexibility index (Phi) is 3.70. The molecule has 1 heterocycles. The molecule has 8 heteroatoms. The molecule has 2 rings (SSSR count). The lowest BCUT2D eigenvalue weighted by atomic mass is 10.3. The average Bonchev–Trinajstić information content (AvgIpc) is 2.78. The van der Waals surface area contributed by atoms with Gasteiger partial charge in [-0.15, -0.1) is 0 Å². The van der Waals surface area contributed by atoms with Crippen molar-refractivity contribution in [3.05, 3.63) is 41.4 Å². The van der Waals surface area contributed by atoms with E-state index in [2.05, 4.69) is 10.3 Å². The number of para-hydroxylation sites is 1. The molecule has 1 aromatic carbocycles. The first-order chi connectivity index (χ1) is 8.95. The van der Waals surface area contributed by atoms with Crippen LogP contribution in [-0.4, -0.2) is 11.1 Å². The highest BCUT2D eigenvalue weighted by Gasteiger charge is 2.33. The third-order valence-corrected chi connectivity index (χ3v) is 2.91. The molecule has 0 unspecified atom stereocenters. The molecular weight excluding hydrogens is 281 g/mol. The second-order valence-corrected chi connectivity index (χ2v) is 4.39. The number of nitrogens with one attached hydrogen (secondary N) is 1. The van der Waals surface area contributed by atoms with Crippen LogP contribution in [0.3, 0.4) is 0 Å². The number of amides is 1. The summed E-state index contributed by atoms with van der Waals surface area (Å²) in [6.45, 7) is 0. The zero-order valence-electron chi connectivity index (χ0n) is 9.27. The normalized spacial score (nSPS) is 11.1. The number of nitrogens with zero attached hydrogens (tertiary/aromatic N) is 1. The van der Waals surface area contributed by atoms with E-state index >= 15 is 0 Å². The van der Waals surface area contributed by atoms with E-state index in [1.807, 2.05) is 0 Å². The number of hydrogen-bond donors (Lipinski definition) is 1. The van der Waals surface area contributed by atoms with E-state index in [-0.39, 0.29) is 10.9 Å². The van der Waals surface area contributed by atoms with E-state index in [1.165, 1.54) is 0 Å². The maximum absolute atomic E-state index is 12.3. The van der Waals surface area contributed by atoms with Crippen LogP contribution in [0, 0.1) is 0 Å². The number of benzene rings is 1. The molecule has 19 heavy (non-hydrogen) atoms. The Morgan fingerprint density at radius 2 is 1.95 bits per heavy atom. The highest BCUT2D eigenvalue weighted by Crippen LogP contribution is 2.34. The summed E-state index contributed by atoms with van der Waals surface area (Å²) in [6, 6.07) is 8.15. The molecule has 1 amide bonds. The first kappa shape index (κ1) is 13.3. The van der Waals surface area contributed by atoms with Crippen LogP contribution in [0.5, 0.6) is 5.75 Å². The number of anilines is 1. The molecule has 1 N–H and O–H groups in total. The largest absolute Gasteiger partial charge is 0.427 e. The van der Waals surface area contributed by atoms with Gasteiger partial charge >= 0.3 is 12.3 Å². The predicted octanol–water partition coefficient (Wildman–Crippen LogP) is 3.77. The Morgan fingerprint density at radius 1 is 1.26 bits per heavy atom. The van der Waals surface area contributed by atoms with Crippen LogP contribution in [0.15, 0.2) is 36.5 Å². The van der Waals surface area contributed by atoms with Crippen molar-refractivity contribution in [3.63, 3.8) is 0 Å². The maximum Gasteiger partial charge on any atom is 0.427 e. The Labute approximate surface area is 109 Å². The second-order valence-electron chi connectivity index (χ2n) is 3.35. The topological polar surface area (TPSA) is 51.2 Å². The summed E-state index contributed by atoms with van der Waals surface area (Å²) >= 11 is 0.331. The maximum atomic E-state index is 12.3. The van der Waals surface area contributed by atoms with Gasteiger partial charge < -0.3 is 4.74 Å². The minimum Gasteiger partial charge on any atom is -0.410 e. The van der Waals surface area contributed by atoms with Crippen molar-refractivity contribution >= 4 is 22.6 Å². The smallest absolute Gasteiger partial charge is 0.410 e. The molecule has 0 bridgehead atoms. The van der Waals surface area contributed by atoms with Crippen molar-refractivity contribution in [1.29, 1.82) is 0 Å². The van der Waals surface area contributed by atoms with Crippen LogP contribution >= 0.6 is 11.3 Å². The van der Waals surface area contributed by atoms with E-state index in [4.69, 9.17) is 4.74 Å². The van der Waals surface area contributed by atoms with Crippen LogP contribution in [0.25, 0.3) is 0 Å². The van der Waals surface area contributed by atoms with Gasteiger partial charge in [0.2, 0.25) is 0 Å². The Hall–Kier alpha value is -2.09. The lowest BCUT2D eigenvalue weighted by molar-refractivity contribution is -0.134. The van der Waals surface area contributed by atoms with Crippen LogP contribution < -0.4 is 10.1 Å². The summed E-state index contributed by atoms with van der Waals surface area (Å²) in [5.41, 5.74) is 0. The third kappa shape index (κ3) is 3.68. The molecule has 0 aliphatic rings. The molecule has 4 nitrogen and oxygen atoms in total. The minimum atomic E-state index is -4.47. The fraction of sp³-hybridized carbons (Fsp3) is 0.0909. The number of carbonyl (C=O) groups is 1. The molecule has 0 saturated carbocycles. The van der Waals surface area contributed by atoms with Gasteiger partial charge in [-0.1, -0.05) is 29.5 Å². The minimum absolute atomic E-state index is 0.173. The van der Waals surface area contributed by atoms with Crippen molar-refractivity contribution in [2.45, 2.75) is 6.18 Å². The van der Waals surface area contributed by atoms with Crippen LogP contribution in [0.1, 0.15) is 4.88 Å². The molecule has 1 aromatic heterocycles. The van der Waals surface area contributed by atoms with Gasteiger partial charge in [0.25, 0.3) is 0 Å². The third-order valence-electron chi connectivity index (χ3n) is 1.95. The van der Waals surface area contributed by atoms with Crippen molar-refractivity contribution in [3.8, 4) is 5.75 Å². The van der Waals surface area contributed by atoms with Crippen molar-refractivity contribution in [2.24, 2.45) is 0 Å². The molecule has 0 radical (unpaired) electrons. The lowest BCUT2D eigenvalue weighted by Gasteiger charge is -2.03. The van der Waals surface area contributed by atoms with E-state index in [9.17, 15) is 18.0 Å². The first-order valence-electron chi connectivity index (χ1n) is 5.02. The van der Waals surface area contributed by atoms with Gasteiger partial charge in [-0.25, -0.2) is 9.78 Å². The van der Waals surface area contributed by atoms with Crippen molar-refractivity contribution < 1.29 is 22.7 Å². The molecule has 100 valence electrons. The number of hydrogen-bond acceptors (Lipinski definition) is 4. The number of alkyl halides is 3. The lowest BCUT2D eigenvalue weighted by Crippen LogP contribution is -2.16. The van der Waals surface area contributed by atoms with Crippen molar-refractivity contribution in [1.82, 2.24) is 4.98 Å². The molecule has 0 aliphatic heterocycles. The van der Waals surface area contributed by atoms with Crippen LogP contribution in [0.2, 0.25) is 0 Å². The number of ether oxygens (including phenoxy) is 1. The van der Waals surface area contributed by atoms with Crippen LogP contribution in [-0.2, 0) is 6.18 Å². The summed E-state index contributed by atoms with van der Waals surface area (Å²) in [7, 11) is 0. The summed E-state index contributed by atoms with van der Waals surface area (Å²) in [5, 5.41) is 1.96. The Balaban J connectivity index is 1.98. The average molecular weight is 288 g/mol. The molecule has 2 aromatic rings. The van der Waals surface area contributed by atoms with E-state index < -0.39 is 17.1 Å². The SMILES string of the molecule is O=C(Nc1ncc(C(F)(F)F)s1)Oc1ccccc1. The summed E-state index contributed by atoms with van der Waals surface area (Å²) in [4.78, 5) is 14.0. The predicted molar refractivity (Wildman–Crippen MR) is 63.2 cm³/mol. The molecular formula is C11H7F3N2O2S. The van der Waals surface area contributed by atoms with Gasteiger partial charge in [-0.2, -0.15) is 13.2 Å². The number of carbonyl (C=O) groups excluding carboxylic acids is 1. The molecule has 0 fully saturated rings. The van der Waals surface area contributed by atoms with Gasteiger partial charge in [0.15, 0.2) is 5.13 Å². The monoisotopic (exact) mass is 288 g/mol. The highest BCUT2D eigenvalue weighted by molar-refractivity contribution is 7.15. The Bertz CT molecular complexity index is 569. The fourth-order valence-corrected chi connectivity index (χ4v) is 1.84. The van der Waals surface area contributed by atoms with Crippen molar-refractivity contribution in [2.75, 3.05) is 5.32 Å². The van der Waals surface area contributed by atoms with Crippen LogP contribution in [0.4, 0.5) is 23.1 Å². The Morgan fingerprint density at radius 3 is 2.53 bits per heavy atom. The van der Waals surface area contributed by atoms with Gasteiger partial charge in [-0.3, -0.25) is 5.32 Å². The van der Waals surface area contributed by atoms with Gasteiger partial charge in [0.05, 0.1) is 6.20 Å². The molecule has 0 spiro atoms. The molecule has 0 saturated heterocycles. The quantitative estimate of drug-likeness (QED) is 0.915. The zero-order chi connectivity index (χ0) is 13.9. The number of thiazole rings is 1. The highest BCUT2D eigenvalue weighted by atomic mass is 32.1.